The lowest BCUT2D eigenvalue weighted by Crippen LogP contribution is -1.96. The Bertz CT molecular complexity index is 572. The summed E-state index contributed by atoms with van der Waals surface area (Å²) in [6.07, 6.45) is 0.938. The van der Waals surface area contributed by atoms with Crippen LogP contribution in [-0.2, 0) is 0 Å². The van der Waals surface area contributed by atoms with Gasteiger partial charge in [-0.05, 0) is 37.5 Å². The second kappa shape index (κ2) is 6.36. The van der Waals surface area contributed by atoms with Gasteiger partial charge in [-0.2, -0.15) is 0 Å². The molecule has 108 valence electrons. The van der Waals surface area contributed by atoms with E-state index < -0.39 is 0 Å². The Hall–Kier alpha value is -1.41. The van der Waals surface area contributed by atoms with E-state index in [4.69, 9.17) is 20.8 Å². The number of rotatable bonds is 5. The highest BCUT2D eigenvalue weighted by atomic mass is 35.5. The second-order valence-corrected chi connectivity index (χ2v) is 5.95. The van der Waals surface area contributed by atoms with Gasteiger partial charge in [0.2, 0.25) is 0 Å². The number of furan rings is 1. The van der Waals surface area contributed by atoms with Gasteiger partial charge in [0.15, 0.2) is 0 Å². The number of para-hydroxylation sites is 1. The van der Waals surface area contributed by atoms with Crippen molar-refractivity contribution in [3.63, 3.8) is 0 Å². The molecule has 2 aromatic rings. The molecule has 1 heterocycles. The molecule has 0 bridgehead atoms. The summed E-state index contributed by atoms with van der Waals surface area (Å²) in [6.45, 7) is 6.31. The zero-order valence-electron chi connectivity index (χ0n) is 12.4. The van der Waals surface area contributed by atoms with Crippen molar-refractivity contribution in [3.8, 4) is 17.1 Å². The molecule has 3 heteroatoms. The minimum absolute atomic E-state index is 0.0118. The van der Waals surface area contributed by atoms with Crippen molar-refractivity contribution >= 4 is 11.6 Å². The largest absolute Gasteiger partial charge is 0.496 e. The van der Waals surface area contributed by atoms with Gasteiger partial charge in [0.1, 0.15) is 17.3 Å². The quantitative estimate of drug-likeness (QED) is 0.670. The standard InChI is InChI=1S/C17H21ClO2/c1-11(2)9-15(18)14-10-17(20-12(14)3)13-7-5-6-8-16(13)19-4/h5-8,10-11,15H,9H2,1-4H3. The second-order valence-electron chi connectivity index (χ2n) is 5.42. The number of hydrogen-bond acceptors (Lipinski definition) is 2. The van der Waals surface area contributed by atoms with Crippen molar-refractivity contribution in [1.29, 1.82) is 0 Å². The molecule has 1 aromatic heterocycles. The molecule has 2 rings (SSSR count). The number of alkyl halides is 1. The topological polar surface area (TPSA) is 22.4 Å². The van der Waals surface area contributed by atoms with Gasteiger partial charge in [-0.25, -0.2) is 0 Å². The van der Waals surface area contributed by atoms with E-state index in [2.05, 4.69) is 13.8 Å². The Morgan fingerprint density at radius 1 is 1.25 bits per heavy atom. The van der Waals surface area contributed by atoms with E-state index in [1.165, 1.54) is 0 Å². The van der Waals surface area contributed by atoms with Gasteiger partial charge < -0.3 is 9.15 Å². The molecule has 0 saturated carbocycles. The average molecular weight is 293 g/mol. The van der Waals surface area contributed by atoms with Crippen molar-refractivity contribution in [2.75, 3.05) is 7.11 Å². The summed E-state index contributed by atoms with van der Waals surface area (Å²) in [5, 5.41) is -0.0118. The predicted octanol–water partition coefficient (Wildman–Crippen LogP) is 5.59. The first-order valence-electron chi connectivity index (χ1n) is 6.90. The Morgan fingerprint density at radius 2 is 1.95 bits per heavy atom. The molecule has 0 fully saturated rings. The lowest BCUT2D eigenvalue weighted by atomic mass is 10.0. The first kappa shape index (κ1) is 15.0. The lowest BCUT2D eigenvalue weighted by molar-refractivity contribution is 0.414. The van der Waals surface area contributed by atoms with Crippen molar-refractivity contribution in [2.45, 2.75) is 32.6 Å². The minimum Gasteiger partial charge on any atom is -0.496 e. The van der Waals surface area contributed by atoms with E-state index in [-0.39, 0.29) is 5.38 Å². The van der Waals surface area contributed by atoms with E-state index in [1.807, 2.05) is 37.3 Å². The Balaban J connectivity index is 2.36. The summed E-state index contributed by atoms with van der Waals surface area (Å²) in [7, 11) is 1.67. The molecule has 0 amide bonds. The van der Waals surface area contributed by atoms with E-state index >= 15 is 0 Å². The van der Waals surface area contributed by atoms with Crippen LogP contribution >= 0.6 is 11.6 Å². The van der Waals surface area contributed by atoms with Crippen molar-refractivity contribution in [3.05, 3.63) is 41.7 Å². The zero-order chi connectivity index (χ0) is 14.7. The van der Waals surface area contributed by atoms with E-state index in [9.17, 15) is 0 Å². The highest BCUT2D eigenvalue weighted by Crippen LogP contribution is 2.37. The average Bonchev–Trinajstić information content (AvgIpc) is 2.80. The van der Waals surface area contributed by atoms with Gasteiger partial charge in [0.25, 0.3) is 0 Å². The number of halogens is 1. The zero-order valence-corrected chi connectivity index (χ0v) is 13.2. The third-order valence-electron chi connectivity index (χ3n) is 3.34. The fraction of sp³-hybridized carbons (Fsp3) is 0.412. The number of methoxy groups -OCH3 is 1. The van der Waals surface area contributed by atoms with Crippen LogP contribution in [0.1, 0.15) is 37.0 Å². The summed E-state index contributed by atoms with van der Waals surface area (Å²) >= 11 is 6.49. The highest BCUT2D eigenvalue weighted by molar-refractivity contribution is 6.20. The van der Waals surface area contributed by atoms with Gasteiger partial charge in [0.05, 0.1) is 18.1 Å². The summed E-state index contributed by atoms with van der Waals surface area (Å²) in [4.78, 5) is 0. The molecule has 0 aliphatic carbocycles. The molecule has 20 heavy (non-hydrogen) atoms. The normalized spacial score (nSPS) is 12.7. The third-order valence-corrected chi connectivity index (χ3v) is 3.76. The van der Waals surface area contributed by atoms with Crippen LogP contribution in [0, 0.1) is 12.8 Å². The summed E-state index contributed by atoms with van der Waals surface area (Å²) in [6, 6.07) is 9.88. The van der Waals surface area contributed by atoms with Crippen LogP contribution in [-0.4, -0.2) is 7.11 Å². The Morgan fingerprint density at radius 3 is 2.60 bits per heavy atom. The van der Waals surface area contributed by atoms with Crippen LogP contribution < -0.4 is 4.74 Å². The minimum atomic E-state index is -0.0118. The smallest absolute Gasteiger partial charge is 0.138 e. The Kier molecular flexibility index (Phi) is 4.77. The van der Waals surface area contributed by atoms with E-state index in [0.29, 0.717) is 5.92 Å². The van der Waals surface area contributed by atoms with Crippen LogP contribution in [0.2, 0.25) is 0 Å². The van der Waals surface area contributed by atoms with Crippen LogP contribution in [0.3, 0.4) is 0 Å². The van der Waals surface area contributed by atoms with Crippen LogP contribution in [0.5, 0.6) is 5.75 Å². The molecule has 2 nitrogen and oxygen atoms in total. The molecule has 0 aliphatic heterocycles. The Labute approximate surface area is 125 Å². The number of hydrogen-bond donors (Lipinski definition) is 0. The maximum absolute atomic E-state index is 6.49. The molecule has 0 saturated heterocycles. The molecule has 0 spiro atoms. The van der Waals surface area contributed by atoms with Crippen molar-refractivity contribution < 1.29 is 9.15 Å². The molecule has 1 aromatic carbocycles. The van der Waals surface area contributed by atoms with Gasteiger partial charge in [0, 0.05) is 5.56 Å². The first-order chi connectivity index (χ1) is 9.52. The number of ether oxygens (including phenoxy) is 1. The maximum Gasteiger partial charge on any atom is 0.138 e. The highest BCUT2D eigenvalue weighted by Gasteiger charge is 2.19. The molecule has 0 N–H and O–H groups in total. The molecular formula is C17H21ClO2. The molecule has 1 unspecified atom stereocenters. The van der Waals surface area contributed by atoms with Gasteiger partial charge in [-0.15, -0.1) is 11.6 Å². The fourth-order valence-corrected chi connectivity index (χ4v) is 2.90. The lowest BCUT2D eigenvalue weighted by Gasteiger charge is -2.10. The number of benzene rings is 1. The van der Waals surface area contributed by atoms with Gasteiger partial charge >= 0.3 is 0 Å². The SMILES string of the molecule is COc1ccccc1-c1cc(C(Cl)CC(C)C)c(C)o1. The van der Waals surface area contributed by atoms with Gasteiger partial charge in [-0.1, -0.05) is 26.0 Å². The van der Waals surface area contributed by atoms with Crippen LogP contribution in [0.15, 0.2) is 34.7 Å². The summed E-state index contributed by atoms with van der Waals surface area (Å²) in [5.74, 6) is 3.06. The number of aryl methyl sites for hydroxylation is 1. The summed E-state index contributed by atoms with van der Waals surface area (Å²) < 4.78 is 11.3. The molecule has 0 radical (unpaired) electrons. The van der Waals surface area contributed by atoms with Crippen LogP contribution in [0.25, 0.3) is 11.3 Å². The summed E-state index contributed by atoms with van der Waals surface area (Å²) in [5.41, 5.74) is 2.03. The van der Waals surface area contributed by atoms with E-state index in [1.54, 1.807) is 7.11 Å². The van der Waals surface area contributed by atoms with E-state index in [0.717, 1.165) is 34.8 Å². The predicted molar refractivity (Wildman–Crippen MR) is 83.5 cm³/mol. The van der Waals surface area contributed by atoms with Gasteiger partial charge in [-0.3, -0.25) is 0 Å². The van der Waals surface area contributed by atoms with Crippen LogP contribution in [0.4, 0.5) is 0 Å². The molecular weight excluding hydrogens is 272 g/mol. The first-order valence-corrected chi connectivity index (χ1v) is 7.34. The monoisotopic (exact) mass is 292 g/mol. The van der Waals surface area contributed by atoms with Crippen molar-refractivity contribution in [1.82, 2.24) is 0 Å². The third kappa shape index (κ3) is 3.18. The maximum atomic E-state index is 6.49. The molecule has 1 atom stereocenters. The fourth-order valence-electron chi connectivity index (χ4n) is 2.33. The van der Waals surface area contributed by atoms with Crippen molar-refractivity contribution in [2.24, 2.45) is 5.92 Å². The molecule has 0 aliphatic rings.